The van der Waals surface area contributed by atoms with Gasteiger partial charge in [0, 0.05) is 16.2 Å². The molecule has 24 heavy (non-hydrogen) atoms. The molecule has 5 nitrogen and oxygen atoms in total. The molecule has 3 rings (SSSR count). The van der Waals surface area contributed by atoms with E-state index in [1.807, 2.05) is 19.1 Å². The molecule has 0 bridgehead atoms. The van der Waals surface area contributed by atoms with E-state index in [2.05, 4.69) is 20.9 Å². The Kier molecular flexibility index (Phi) is 4.69. The van der Waals surface area contributed by atoms with Crippen molar-refractivity contribution in [2.24, 2.45) is 0 Å². The van der Waals surface area contributed by atoms with Gasteiger partial charge in [0.1, 0.15) is 12.3 Å². The minimum Gasteiger partial charge on any atom is -0.456 e. The van der Waals surface area contributed by atoms with E-state index in [0.717, 1.165) is 10.2 Å². The van der Waals surface area contributed by atoms with Crippen LogP contribution in [0.25, 0.3) is 5.65 Å². The van der Waals surface area contributed by atoms with Gasteiger partial charge in [0.2, 0.25) is 0 Å². The van der Waals surface area contributed by atoms with Gasteiger partial charge in [0.25, 0.3) is 5.56 Å². The van der Waals surface area contributed by atoms with Gasteiger partial charge in [-0.2, -0.15) is 0 Å². The highest BCUT2D eigenvalue weighted by molar-refractivity contribution is 9.10. The van der Waals surface area contributed by atoms with Crippen LogP contribution in [0.3, 0.4) is 0 Å². The quantitative estimate of drug-likeness (QED) is 0.620. The monoisotopic (exact) mass is 406 g/mol. The molecule has 0 aliphatic heterocycles. The van der Waals surface area contributed by atoms with Gasteiger partial charge in [-0.25, -0.2) is 9.78 Å². The van der Waals surface area contributed by atoms with E-state index in [0.29, 0.717) is 16.4 Å². The number of fused-ring (bicyclic) bond motifs is 1. The average Bonchev–Trinajstić information content (AvgIpc) is 2.54. The molecule has 0 atom stereocenters. The largest absolute Gasteiger partial charge is 0.456 e. The number of aromatic nitrogens is 2. The van der Waals surface area contributed by atoms with Crippen LogP contribution in [0, 0.1) is 6.92 Å². The molecule has 0 aliphatic carbocycles. The van der Waals surface area contributed by atoms with Gasteiger partial charge in [-0.3, -0.25) is 9.20 Å². The number of benzene rings is 1. The predicted molar refractivity (Wildman–Crippen MR) is 94.5 cm³/mol. The highest BCUT2D eigenvalue weighted by Gasteiger charge is 2.13. The Morgan fingerprint density at radius 3 is 2.88 bits per heavy atom. The lowest BCUT2D eigenvalue weighted by Gasteiger charge is -2.08. The molecule has 0 spiro atoms. The molecule has 7 heteroatoms. The summed E-state index contributed by atoms with van der Waals surface area (Å²) < 4.78 is 7.44. The van der Waals surface area contributed by atoms with Crippen LogP contribution in [-0.4, -0.2) is 15.4 Å². The van der Waals surface area contributed by atoms with Crippen molar-refractivity contribution in [3.05, 3.63) is 79.3 Å². The second-order valence-electron chi connectivity index (χ2n) is 5.15. The van der Waals surface area contributed by atoms with Crippen molar-refractivity contribution < 1.29 is 9.53 Å². The molecule has 0 aliphatic rings. The summed E-state index contributed by atoms with van der Waals surface area (Å²) in [5, 5.41) is 0.297. The highest BCUT2D eigenvalue weighted by atomic mass is 79.9. The number of rotatable bonds is 3. The molecule has 2 heterocycles. The van der Waals surface area contributed by atoms with Crippen molar-refractivity contribution >= 4 is 39.1 Å². The maximum absolute atomic E-state index is 12.2. The fraction of sp³-hybridized carbons (Fsp3) is 0.118. The van der Waals surface area contributed by atoms with Crippen molar-refractivity contribution in [1.82, 2.24) is 9.38 Å². The molecule has 0 fully saturated rings. The second kappa shape index (κ2) is 6.75. The summed E-state index contributed by atoms with van der Waals surface area (Å²) in [7, 11) is 0. The van der Waals surface area contributed by atoms with Crippen LogP contribution in [0.1, 0.15) is 21.7 Å². The molecule has 0 radical (unpaired) electrons. The Morgan fingerprint density at radius 1 is 1.29 bits per heavy atom. The van der Waals surface area contributed by atoms with E-state index in [-0.39, 0.29) is 17.7 Å². The first kappa shape index (κ1) is 16.7. The van der Waals surface area contributed by atoms with Gasteiger partial charge in [-0.1, -0.05) is 33.6 Å². The Morgan fingerprint density at radius 2 is 2.08 bits per heavy atom. The minimum absolute atomic E-state index is 0.110. The first-order valence-corrected chi connectivity index (χ1v) is 8.23. The second-order valence-corrected chi connectivity index (χ2v) is 6.47. The number of halogens is 2. The number of hydrogen-bond donors (Lipinski definition) is 0. The Hall–Kier alpha value is -2.18. The molecule has 0 saturated heterocycles. The lowest BCUT2D eigenvalue weighted by Crippen LogP contribution is -2.18. The molecule has 2 aromatic heterocycles. The van der Waals surface area contributed by atoms with Crippen molar-refractivity contribution in [2.45, 2.75) is 13.5 Å². The zero-order valence-electron chi connectivity index (χ0n) is 12.6. The number of carbonyl (C=O) groups excluding carboxylic acids is 1. The average molecular weight is 408 g/mol. The first-order valence-electron chi connectivity index (χ1n) is 7.06. The molecular weight excluding hydrogens is 396 g/mol. The predicted octanol–water partition coefficient (Wildman–Crippen LogP) is 3.78. The summed E-state index contributed by atoms with van der Waals surface area (Å²) in [6.45, 7) is 1.71. The number of carbonyl (C=O) groups is 1. The summed E-state index contributed by atoms with van der Waals surface area (Å²) in [5.41, 5.74) is 1.71. The number of esters is 1. The van der Waals surface area contributed by atoms with E-state index in [1.165, 1.54) is 10.5 Å². The van der Waals surface area contributed by atoms with Crippen LogP contribution in [0.4, 0.5) is 0 Å². The SMILES string of the molecule is Cc1cccc2nc(COC(=O)c3cc(Br)ccc3Cl)cc(=O)n12. The van der Waals surface area contributed by atoms with Gasteiger partial charge in [-0.05, 0) is 37.3 Å². The van der Waals surface area contributed by atoms with Crippen LogP contribution in [0.5, 0.6) is 0 Å². The van der Waals surface area contributed by atoms with Crippen LogP contribution in [-0.2, 0) is 11.3 Å². The minimum atomic E-state index is -0.576. The number of nitrogens with zero attached hydrogens (tertiary/aromatic N) is 2. The molecule has 0 unspecified atom stereocenters. The van der Waals surface area contributed by atoms with E-state index in [1.54, 1.807) is 24.3 Å². The lowest BCUT2D eigenvalue weighted by molar-refractivity contribution is 0.0468. The lowest BCUT2D eigenvalue weighted by atomic mass is 10.2. The van der Waals surface area contributed by atoms with E-state index in [9.17, 15) is 9.59 Å². The third kappa shape index (κ3) is 3.34. The highest BCUT2D eigenvalue weighted by Crippen LogP contribution is 2.22. The summed E-state index contributed by atoms with van der Waals surface area (Å²) in [6, 6.07) is 11.6. The van der Waals surface area contributed by atoms with E-state index < -0.39 is 5.97 Å². The fourth-order valence-corrected chi connectivity index (χ4v) is 2.86. The molecule has 1 aromatic carbocycles. The summed E-state index contributed by atoms with van der Waals surface area (Å²) in [6.07, 6.45) is 0. The number of aryl methyl sites for hydroxylation is 1. The van der Waals surface area contributed by atoms with E-state index in [4.69, 9.17) is 16.3 Å². The number of hydrogen-bond acceptors (Lipinski definition) is 4. The summed E-state index contributed by atoms with van der Waals surface area (Å²) in [5.74, 6) is -0.576. The van der Waals surface area contributed by atoms with Gasteiger partial charge < -0.3 is 4.74 Å². The van der Waals surface area contributed by atoms with Crippen LogP contribution < -0.4 is 5.56 Å². The summed E-state index contributed by atoms with van der Waals surface area (Å²) >= 11 is 9.28. The van der Waals surface area contributed by atoms with Crippen LogP contribution in [0.2, 0.25) is 5.02 Å². The van der Waals surface area contributed by atoms with Gasteiger partial charge in [-0.15, -0.1) is 0 Å². The zero-order chi connectivity index (χ0) is 17.3. The third-order valence-electron chi connectivity index (χ3n) is 3.43. The Bertz CT molecular complexity index is 1000. The third-order valence-corrected chi connectivity index (χ3v) is 4.26. The molecule has 0 amide bonds. The molecule has 3 aromatic rings. The summed E-state index contributed by atoms with van der Waals surface area (Å²) in [4.78, 5) is 28.7. The van der Waals surface area contributed by atoms with Gasteiger partial charge in [0.05, 0.1) is 16.3 Å². The number of pyridine rings is 1. The topological polar surface area (TPSA) is 60.7 Å². The fourth-order valence-electron chi connectivity index (χ4n) is 2.31. The van der Waals surface area contributed by atoms with Crippen molar-refractivity contribution in [1.29, 1.82) is 0 Å². The standard InChI is InChI=1S/C17H12BrClN2O3/c1-10-3-2-4-15-20-12(8-16(22)21(10)15)9-24-17(23)13-7-11(18)5-6-14(13)19/h2-8H,9H2,1H3. The van der Waals surface area contributed by atoms with Crippen molar-refractivity contribution in [3.8, 4) is 0 Å². The van der Waals surface area contributed by atoms with Crippen molar-refractivity contribution in [2.75, 3.05) is 0 Å². The molecule has 0 N–H and O–H groups in total. The maximum atomic E-state index is 12.2. The Labute approximate surface area is 151 Å². The maximum Gasteiger partial charge on any atom is 0.340 e. The normalized spacial score (nSPS) is 10.8. The molecule has 122 valence electrons. The van der Waals surface area contributed by atoms with Gasteiger partial charge in [0.15, 0.2) is 0 Å². The van der Waals surface area contributed by atoms with Crippen LogP contribution in [0.15, 0.2) is 51.7 Å². The Balaban J connectivity index is 1.84. The zero-order valence-corrected chi connectivity index (χ0v) is 15.0. The smallest absolute Gasteiger partial charge is 0.340 e. The van der Waals surface area contributed by atoms with E-state index >= 15 is 0 Å². The molecular formula is C17H12BrClN2O3. The first-order chi connectivity index (χ1) is 11.5. The van der Waals surface area contributed by atoms with Gasteiger partial charge >= 0.3 is 5.97 Å². The molecule has 0 saturated carbocycles. The van der Waals surface area contributed by atoms with Crippen molar-refractivity contribution in [3.63, 3.8) is 0 Å². The van der Waals surface area contributed by atoms with Crippen LogP contribution >= 0.6 is 27.5 Å². The number of ether oxygens (including phenoxy) is 1.